The summed E-state index contributed by atoms with van der Waals surface area (Å²) in [4.78, 5) is 24.8. The first-order valence-corrected chi connectivity index (χ1v) is 14.9. The van der Waals surface area contributed by atoms with E-state index in [0.717, 1.165) is 16.7 Å². The average Bonchev–Trinajstić information content (AvgIpc) is 3.46. The maximum Gasteiger partial charge on any atom is 0.408 e. The van der Waals surface area contributed by atoms with Crippen LogP contribution in [0.5, 0.6) is 5.75 Å². The molecule has 41 heavy (non-hydrogen) atoms. The molecule has 1 fully saturated rings. The van der Waals surface area contributed by atoms with Crippen molar-refractivity contribution in [2.45, 2.75) is 62.8 Å². The number of carbonyl (C=O) groups is 2. The maximum atomic E-state index is 13.2. The van der Waals surface area contributed by atoms with Crippen molar-refractivity contribution in [3.63, 3.8) is 0 Å². The first kappa shape index (κ1) is 30.1. The molecule has 3 aromatic rings. The number of nitrogens with one attached hydrogen (secondary N) is 1. The fraction of sp³-hybridized carbons (Fsp3) is 0.355. The molecular weight excluding hydrogens is 544 g/mol. The van der Waals surface area contributed by atoms with Crippen LogP contribution >= 0.6 is 0 Å². The summed E-state index contributed by atoms with van der Waals surface area (Å²) in [6.45, 7) is 5.91. The fourth-order valence-corrected chi connectivity index (χ4v) is 6.32. The topological polar surface area (TPSA) is 111 Å². The number of hydrogen-bond donors (Lipinski definition) is 1. The van der Waals surface area contributed by atoms with E-state index in [4.69, 9.17) is 14.2 Å². The maximum absolute atomic E-state index is 13.2. The highest BCUT2D eigenvalue weighted by Gasteiger charge is 2.40. The smallest absolute Gasteiger partial charge is 0.408 e. The molecule has 0 saturated carbocycles. The van der Waals surface area contributed by atoms with Crippen molar-refractivity contribution in [1.29, 1.82) is 0 Å². The third-order valence-electron chi connectivity index (χ3n) is 6.60. The number of nitrogens with zero attached hydrogens (tertiary/aromatic N) is 1. The summed E-state index contributed by atoms with van der Waals surface area (Å²) in [6.07, 6.45) is 0.511. The van der Waals surface area contributed by atoms with Crippen LogP contribution in [0.25, 0.3) is 0 Å². The number of methoxy groups -OCH3 is 1. The molecule has 3 aromatic carbocycles. The van der Waals surface area contributed by atoms with Crippen molar-refractivity contribution in [1.82, 2.24) is 9.62 Å². The second kappa shape index (κ2) is 12.7. The molecular formula is C31H36N2O7S. The van der Waals surface area contributed by atoms with Crippen LogP contribution in [0.3, 0.4) is 0 Å². The van der Waals surface area contributed by atoms with Gasteiger partial charge in [0, 0.05) is 6.54 Å². The monoisotopic (exact) mass is 580 g/mol. The lowest BCUT2D eigenvalue weighted by Gasteiger charge is -2.24. The lowest BCUT2D eigenvalue weighted by molar-refractivity contribution is -0.144. The summed E-state index contributed by atoms with van der Waals surface area (Å²) < 4.78 is 43.9. The van der Waals surface area contributed by atoms with E-state index in [-0.39, 0.29) is 18.0 Å². The van der Waals surface area contributed by atoms with E-state index in [1.807, 2.05) is 75.4 Å². The lowest BCUT2D eigenvalue weighted by atomic mass is 9.98. The first-order valence-electron chi connectivity index (χ1n) is 13.4. The first-order chi connectivity index (χ1) is 19.5. The van der Waals surface area contributed by atoms with Crippen molar-refractivity contribution in [2.24, 2.45) is 0 Å². The molecule has 1 heterocycles. The molecule has 1 aliphatic heterocycles. The van der Waals surface area contributed by atoms with Gasteiger partial charge in [-0.2, -0.15) is 4.31 Å². The Kier molecular flexibility index (Phi) is 9.35. The highest BCUT2D eigenvalue weighted by molar-refractivity contribution is 7.89. The van der Waals surface area contributed by atoms with Gasteiger partial charge in [0.2, 0.25) is 10.0 Å². The number of carbonyl (C=O) groups excluding carboxylic acids is 2. The molecule has 2 atom stereocenters. The Labute approximate surface area is 241 Å². The van der Waals surface area contributed by atoms with Gasteiger partial charge in [0.05, 0.1) is 18.0 Å². The lowest BCUT2D eigenvalue weighted by Crippen LogP contribution is -2.41. The number of amides is 1. The Bertz CT molecular complexity index is 1450. The van der Waals surface area contributed by atoms with Crippen LogP contribution in [0.15, 0.2) is 83.8 Å². The van der Waals surface area contributed by atoms with Crippen molar-refractivity contribution in [2.75, 3.05) is 13.7 Å². The molecule has 1 amide bonds. The molecule has 4 rings (SSSR count). The second-order valence-corrected chi connectivity index (χ2v) is 12.7. The van der Waals surface area contributed by atoms with Crippen LogP contribution in [0.1, 0.15) is 56.3 Å². The number of sulfonamides is 1. The minimum atomic E-state index is -3.84. The molecule has 0 bridgehead atoms. The molecule has 1 N–H and O–H groups in total. The van der Waals surface area contributed by atoms with Gasteiger partial charge < -0.3 is 19.5 Å². The van der Waals surface area contributed by atoms with Crippen LogP contribution < -0.4 is 10.1 Å². The van der Waals surface area contributed by atoms with E-state index in [9.17, 15) is 18.0 Å². The third kappa shape index (κ3) is 7.65. The van der Waals surface area contributed by atoms with E-state index in [0.29, 0.717) is 18.6 Å². The standard InChI is InChI=1S/C31H36N2O7S/c1-31(2,3)40-30(35)32-28(23-10-6-5-7-11-23)24-12-8-13-25(20-24)39-21-22-15-17-26(18-16-22)41(36,37)33-19-9-14-27(33)29(34)38-4/h5-8,10-13,15-18,20,27-28H,9,14,19,21H2,1-4H3,(H,32,35). The summed E-state index contributed by atoms with van der Waals surface area (Å²) in [5, 5.41) is 2.96. The van der Waals surface area contributed by atoms with E-state index in [2.05, 4.69) is 5.32 Å². The van der Waals surface area contributed by atoms with Gasteiger partial charge in [-0.15, -0.1) is 0 Å². The molecule has 218 valence electrons. The Morgan fingerprint density at radius 2 is 1.66 bits per heavy atom. The van der Waals surface area contributed by atoms with Crippen molar-refractivity contribution in [3.8, 4) is 5.75 Å². The van der Waals surface area contributed by atoms with Crippen molar-refractivity contribution < 1.29 is 32.2 Å². The SMILES string of the molecule is COC(=O)C1CCCN1S(=O)(=O)c1ccc(COc2cccc(C(NC(=O)OC(C)(C)C)c3ccccc3)c2)cc1. The molecule has 9 nitrogen and oxygen atoms in total. The molecule has 0 aliphatic carbocycles. The van der Waals surface area contributed by atoms with Crippen LogP contribution in [0.2, 0.25) is 0 Å². The van der Waals surface area contributed by atoms with Gasteiger partial charge in [-0.1, -0.05) is 54.6 Å². The Morgan fingerprint density at radius 1 is 0.976 bits per heavy atom. The third-order valence-corrected chi connectivity index (χ3v) is 8.52. The second-order valence-electron chi connectivity index (χ2n) is 10.8. The van der Waals surface area contributed by atoms with Crippen LogP contribution in [0.4, 0.5) is 4.79 Å². The minimum absolute atomic E-state index is 0.109. The number of hydrogen-bond acceptors (Lipinski definition) is 7. The van der Waals surface area contributed by atoms with Crippen LogP contribution in [-0.2, 0) is 30.9 Å². The quantitative estimate of drug-likeness (QED) is 0.346. The normalized spacial score (nSPS) is 16.5. The number of rotatable bonds is 9. The Hall–Kier alpha value is -3.89. The van der Waals surface area contributed by atoms with Crippen molar-refractivity contribution >= 4 is 22.1 Å². The number of ether oxygens (including phenoxy) is 3. The zero-order valence-corrected chi connectivity index (χ0v) is 24.5. The number of esters is 1. The van der Waals surface area contributed by atoms with Gasteiger partial charge in [0.25, 0.3) is 0 Å². The zero-order chi connectivity index (χ0) is 29.6. The number of benzene rings is 3. The highest BCUT2D eigenvalue weighted by atomic mass is 32.2. The van der Waals surface area contributed by atoms with Gasteiger partial charge in [-0.05, 0) is 74.6 Å². The van der Waals surface area contributed by atoms with Gasteiger partial charge in [-0.25, -0.2) is 13.2 Å². The summed E-state index contributed by atoms with van der Waals surface area (Å²) in [5.41, 5.74) is 1.83. The van der Waals surface area contributed by atoms with Crippen LogP contribution in [0, 0.1) is 0 Å². The summed E-state index contributed by atoms with van der Waals surface area (Å²) in [5.74, 6) is 0.0400. The summed E-state index contributed by atoms with van der Waals surface area (Å²) in [6, 6.07) is 22.2. The van der Waals surface area contributed by atoms with Gasteiger partial charge in [0.1, 0.15) is 24.0 Å². The number of alkyl carbamates (subject to hydrolysis) is 1. The fourth-order valence-electron chi connectivity index (χ4n) is 4.67. The van der Waals surface area contributed by atoms with Crippen LogP contribution in [-0.4, -0.2) is 50.1 Å². The van der Waals surface area contributed by atoms with Gasteiger partial charge in [0.15, 0.2) is 0 Å². The zero-order valence-electron chi connectivity index (χ0n) is 23.7. The van der Waals surface area contributed by atoms with Crippen molar-refractivity contribution in [3.05, 3.63) is 95.6 Å². The van der Waals surface area contributed by atoms with E-state index < -0.39 is 39.8 Å². The molecule has 10 heteroatoms. The molecule has 0 aromatic heterocycles. The highest BCUT2D eigenvalue weighted by Crippen LogP contribution is 2.28. The molecule has 1 aliphatic rings. The predicted octanol–water partition coefficient (Wildman–Crippen LogP) is 5.21. The van der Waals surface area contributed by atoms with E-state index in [1.54, 1.807) is 12.1 Å². The Balaban J connectivity index is 1.46. The minimum Gasteiger partial charge on any atom is -0.489 e. The molecule has 1 saturated heterocycles. The predicted molar refractivity (Wildman–Crippen MR) is 154 cm³/mol. The van der Waals surface area contributed by atoms with E-state index in [1.165, 1.54) is 23.5 Å². The Morgan fingerprint density at radius 3 is 2.32 bits per heavy atom. The summed E-state index contributed by atoms with van der Waals surface area (Å²) in [7, 11) is -2.58. The van der Waals surface area contributed by atoms with Gasteiger partial charge >= 0.3 is 12.1 Å². The van der Waals surface area contributed by atoms with E-state index >= 15 is 0 Å². The molecule has 2 unspecified atom stereocenters. The molecule has 0 spiro atoms. The summed E-state index contributed by atoms with van der Waals surface area (Å²) >= 11 is 0. The average molecular weight is 581 g/mol. The molecule has 0 radical (unpaired) electrons. The van der Waals surface area contributed by atoms with Gasteiger partial charge in [-0.3, -0.25) is 4.79 Å². The largest absolute Gasteiger partial charge is 0.489 e.